The van der Waals surface area contributed by atoms with Gasteiger partial charge >= 0.3 is 5.97 Å². The molecule has 0 unspecified atom stereocenters. The molecule has 6 nitrogen and oxygen atoms in total. The van der Waals surface area contributed by atoms with Crippen LogP contribution >= 0.6 is 11.6 Å². The first-order chi connectivity index (χ1) is 10.5. The molecular weight excluding hydrogens is 308 g/mol. The lowest BCUT2D eigenvalue weighted by Gasteiger charge is -2.37. The Morgan fingerprint density at radius 2 is 1.95 bits per heavy atom. The van der Waals surface area contributed by atoms with Crippen LogP contribution in [0, 0.1) is 0 Å². The van der Waals surface area contributed by atoms with Gasteiger partial charge in [-0.1, -0.05) is 28.9 Å². The Bertz CT molecular complexity index is 651. The summed E-state index contributed by atoms with van der Waals surface area (Å²) in [5.41, 5.74) is -0.0499. The number of halogens is 1. The van der Waals surface area contributed by atoms with Gasteiger partial charge in [0.25, 0.3) is 5.91 Å². The van der Waals surface area contributed by atoms with E-state index in [0.29, 0.717) is 36.5 Å². The summed E-state index contributed by atoms with van der Waals surface area (Å²) in [6.07, 6.45) is 1.41. The molecule has 1 amide bonds. The van der Waals surface area contributed by atoms with Crippen LogP contribution in [0.1, 0.15) is 29.6 Å². The number of likely N-dealkylation sites (tertiary alicyclic amines) is 1. The number of carboxylic acid groups (broad SMARTS) is 1. The topological polar surface area (TPSA) is 79.2 Å². The summed E-state index contributed by atoms with van der Waals surface area (Å²) >= 11 is 6.06. The number of carboxylic acids is 1. The normalized spacial score (nSPS) is 19.7. The minimum atomic E-state index is -1.05. The van der Waals surface area contributed by atoms with Crippen molar-refractivity contribution in [3.05, 3.63) is 34.9 Å². The van der Waals surface area contributed by atoms with Gasteiger partial charge in [0.15, 0.2) is 5.71 Å². The zero-order valence-electron chi connectivity index (χ0n) is 11.8. The maximum Gasteiger partial charge on any atom is 0.353 e. The highest BCUT2D eigenvalue weighted by Gasteiger charge is 2.44. The third-order valence-electron chi connectivity index (χ3n) is 4.15. The van der Waals surface area contributed by atoms with E-state index >= 15 is 0 Å². The van der Waals surface area contributed by atoms with Gasteiger partial charge in [0.2, 0.25) is 0 Å². The third-order valence-corrected chi connectivity index (χ3v) is 4.48. The van der Waals surface area contributed by atoms with Crippen LogP contribution in [0.3, 0.4) is 0 Å². The van der Waals surface area contributed by atoms with E-state index in [2.05, 4.69) is 5.16 Å². The number of amides is 1. The minimum absolute atomic E-state index is 0.0471. The Morgan fingerprint density at radius 1 is 1.27 bits per heavy atom. The van der Waals surface area contributed by atoms with Gasteiger partial charge in [-0.3, -0.25) is 4.79 Å². The molecule has 116 valence electrons. The van der Waals surface area contributed by atoms with E-state index in [0.717, 1.165) is 0 Å². The number of carbonyl (C=O) groups excluding carboxylic acids is 1. The number of carbonyl (C=O) groups is 2. The van der Waals surface area contributed by atoms with Crippen molar-refractivity contribution in [1.29, 1.82) is 0 Å². The summed E-state index contributed by atoms with van der Waals surface area (Å²) in [6, 6.07) is 6.94. The van der Waals surface area contributed by atoms with Crippen LogP contribution in [0.4, 0.5) is 0 Å². The first-order valence-corrected chi connectivity index (χ1v) is 7.41. The maximum absolute atomic E-state index is 12.5. The molecule has 3 rings (SSSR count). The third kappa shape index (κ3) is 2.66. The summed E-state index contributed by atoms with van der Waals surface area (Å²) in [6.45, 7) is 0.985. The van der Waals surface area contributed by atoms with E-state index in [1.165, 1.54) is 0 Å². The molecule has 2 aliphatic rings. The molecule has 2 aliphatic heterocycles. The fraction of sp³-hybridized carbons (Fsp3) is 0.400. The Kier molecular flexibility index (Phi) is 3.78. The van der Waals surface area contributed by atoms with E-state index < -0.39 is 11.6 Å². The average Bonchev–Trinajstić information content (AvgIpc) is 2.92. The second-order valence-electron chi connectivity index (χ2n) is 5.57. The Labute approximate surface area is 132 Å². The summed E-state index contributed by atoms with van der Waals surface area (Å²) in [4.78, 5) is 30.5. The number of nitrogens with zero attached hydrogens (tertiary/aromatic N) is 2. The highest BCUT2D eigenvalue weighted by atomic mass is 35.5. The Hall–Kier alpha value is -2.08. The fourth-order valence-corrected chi connectivity index (χ4v) is 3.04. The number of hydrogen-bond acceptors (Lipinski definition) is 4. The molecule has 2 heterocycles. The molecule has 1 fully saturated rings. The second kappa shape index (κ2) is 5.61. The van der Waals surface area contributed by atoms with Gasteiger partial charge in [-0.05, 0) is 12.1 Å². The molecule has 22 heavy (non-hydrogen) atoms. The highest BCUT2D eigenvalue weighted by Crippen LogP contribution is 2.35. The largest absolute Gasteiger partial charge is 0.477 e. The molecule has 0 aliphatic carbocycles. The predicted molar refractivity (Wildman–Crippen MR) is 80.1 cm³/mol. The molecular formula is C15H15ClN2O4. The van der Waals surface area contributed by atoms with Crippen molar-refractivity contribution >= 4 is 29.2 Å². The van der Waals surface area contributed by atoms with Crippen molar-refractivity contribution in [3.63, 3.8) is 0 Å². The van der Waals surface area contributed by atoms with Crippen LogP contribution < -0.4 is 0 Å². The van der Waals surface area contributed by atoms with Gasteiger partial charge in [-0.15, -0.1) is 0 Å². The van der Waals surface area contributed by atoms with Gasteiger partial charge in [0.05, 0.1) is 10.6 Å². The highest BCUT2D eigenvalue weighted by molar-refractivity contribution is 6.36. The van der Waals surface area contributed by atoms with Crippen molar-refractivity contribution in [2.24, 2.45) is 5.16 Å². The molecule has 0 atom stereocenters. The number of aliphatic carboxylic acids is 1. The standard InChI is InChI=1S/C15H15ClN2O4/c16-11-4-2-1-3-10(11)13(19)18-7-5-15(6-8-18)9-12(14(20)21)17-22-15/h1-4H,5-9H2,(H,20,21). The monoisotopic (exact) mass is 322 g/mol. The molecule has 7 heteroatoms. The van der Waals surface area contributed by atoms with Crippen LogP contribution in [0.15, 0.2) is 29.4 Å². The van der Waals surface area contributed by atoms with E-state index in [4.69, 9.17) is 21.5 Å². The SMILES string of the molecule is O=C(O)C1=NOC2(CCN(C(=O)c3ccccc3Cl)CC2)C1. The van der Waals surface area contributed by atoms with Crippen LogP contribution in [-0.4, -0.2) is 46.3 Å². The van der Waals surface area contributed by atoms with Gasteiger partial charge in [0, 0.05) is 32.4 Å². The van der Waals surface area contributed by atoms with Gasteiger partial charge < -0.3 is 14.8 Å². The molecule has 1 saturated heterocycles. The van der Waals surface area contributed by atoms with Crippen molar-refractivity contribution in [2.75, 3.05) is 13.1 Å². The number of piperidine rings is 1. The van der Waals surface area contributed by atoms with Gasteiger partial charge in [-0.25, -0.2) is 4.79 Å². The summed E-state index contributed by atoms with van der Waals surface area (Å²) in [5, 5.41) is 13.0. The Balaban J connectivity index is 1.65. The van der Waals surface area contributed by atoms with Crippen molar-refractivity contribution in [3.8, 4) is 0 Å². The fourth-order valence-electron chi connectivity index (χ4n) is 2.83. The molecule has 1 aromatic carbocycles. The average molecular weight is 323 g/mol. The molecule has 0 aromatic heterocycles. The number of oxime groups is 1. The van der Waals surface area contributed by atoms with E-state index in [1.807, 2.05) is 0 Å². The summed E-state index contributed by atoms with van der Waals surface area (Å²) in [5.74, 6) is -1.16. The first-order valence-electron chi connectivity index (χ1n) is 7.03. The maximum atomic E-state index is 12.5. The van der Waals surface area contributed by atoms with Crippen LogP contribution in [0.2, 0.25) is 5.02 Å². The molecule has 1 aromatic rings. The quantitative estimate of drug-likeness (QED) is 0.905. The lowest BCUT2D eigenvalue weighted by atomic mass is 9.86. The van der Waals surface area contributed by atoms with Crippen molar-refractivity contribution in [2.45, 2.75) is 24.9 Å². The predicted octanol–water partition coefficient (Wildman–Crippen LogP) is 2.18. The summed E-state index contributed by atoms with van der Waals surface area (Å²) < 4.78 is 0. The minimum Gasteiger partial charge on any atom is -0.477 e. The molecule has 1 N–H and O–H groups in total. The van der Waals surface area contributed by atoms with Crippen molar-refractivity contribution < 1.29 is 19.5 Å². The molecule has 0 radical (unpaired) electrons. The smallest absolute Gasteiger partial charge is 0.353 e. The van der Waals surface area contributed by atoms with Crippen LogP contribution in [0.25, 0.3) is 0 Å². The number of benzene rings is 1. The van der Waals surface area contributed by atoms with E-state index in [1.54, 1.807) is 29.2 Å². The first kappa shape index (κ1) is 14.8. The van der Waals surface area contributed by atoms with Crippen LogP contribution in [-0.2, 0) is 9.63 Å². The lowest BCUT2D eigenvalue weighted by Crippen LogP contribution is -2.47. The second-order valence-corrected chi connectivity index (χ2v) is 5.97. The summed E-state index contributed by atoms with van der Waals surface area (Å²) in [7, 11) is 0. The lowest BCUT2D eigenvalue weighted by molar-refractivity contribution is -0.129. The van der Waals surface area contributed by atoms with E-state index in [-0.39, 0.29) is 18.0 Å². The van der Waals surface area contributed by atoms with Crippen molar-refractivity contribution in [1.82, 2.24) is 4.90 Å². The molecule has 1 spiro atoms. The number of hydrogen-bond donors (Lipinski definition) is 1. The zero-order valence-corrected chi connectivity index (χ0v) is 12.5. The number of rotatable bonds is 2. The molecule has 0 bridgehead atoms. The van der Waals surface area contributed by atoms with Gasteiger partial charge in [-0.2, -0.15) is 0 Å². The van der Waals surface area contributed by atoms with Crippen LogP contribution in [0.5, 0.6) is 0 Å². The van der Waals surface area contributed by atoms with Gasteiger partial charge in [0.1, 0.15) is 5.60 Å². The Morgan fingerprint density at radius 3 is 2.55 bits per heavy atom. The zero-order chi connectivity index (χ0) is 15.7. The van der Waals surface area contributed by atoms with E-state index in [9.17, 15) is 9.59 Å². The molecule has 0 saturated carbocycles.